The predicted molar refractivity (Wildman–Crippen MR) is 167 cm³/mol. The molecule has 0 saturated carbocycles. The number of aromatic nitrogens is 4. The first-order chi connectivity index (χ1) is 20.5. The third kappa shape index (κ3) is 7.08. The van der Waals surface area contributed by atoms with Crippen LogP contribution in [0, 0.1) is 6.92 Å². The van der Waals surface area contributed by atoms with E-state index in [0.29, 0.717) is 32.7 Å². The molecule has 228 valence electrons. The van der Waals surface area contributed by atoms with E-state index in [-0.39, 0.29) is 21.1 Å². The average Bonchev–Trinajstić information content (AvgIpc) is 3.33. The van der Waals surface area contributed by atoms with Crippen LogP contribution in [0.1, 0.15) is 18.2 Å². The molecule has 1 aromatic carbocycles. The number of pyridine rings is 1. The summed E-state index contributed by atoms with van der Waals surface area (Å²) in [7, 11) is 0.280. The van der Waals surface area contributed by atoms with E-state index in [1.165, 1.54) is 4.31 Å². The van der Waals surface area contributed by atoms with Crippen molar-refractivity contribution < 1.29 is 18.3 Å². The van der Waals surface area contributed by atoms with Gasteiger partial charge in [0.15, 0.2) is 9.34 Å². The third-order valence-corrected chi connectivity index (χ3v) is 10.6. The summed E-state index contributed by atoms with van der Waals surface area (Å²) in [6.45, 7) is 6.92. The maximum Gasteiger partial charge on any atom is 0.410 e. The Morgan fingerprint density at radius 2 is 1.93 bits per heavy atom. The molecule has 3 N–H and O–H groups in total. The summed E-state index contributed by atoms with van der Waals surface area (Å²) in [5.41, 5.74) is 4.23. The Balaban J connectivity index is 1.24. The molecule has 4 heterocycles. The van der Waals surface area contributed by atoms with Crippen LogP contribution < -0.4 is 10.6 Å². The molecule has 13 nitrogen and oxygen atoms in total. The third-order valence-electron chi connectivity index (χ3n) is 7.06. The molecule has 1 amide bonds. The number of fused-ring (bicyclic) bond motifs is 1. The van der Waals surface area contributed by atoms with Crippen molar-refractivity contribution in [2.24, 2.45) is 0 Å². The van der Waals surface area contributed by atoms with Gasteiger partial charge in [-0.15, -0.1) is 0 Å². The van der Waals surface area contributed by atoms with E-state index in [2.05, 4.69) is 53.4 Å². The smallest absolute Gasteiger partial charge is 0.410 e. The number of anilines is 2. The van der Waals surface area contributed by atoms with Gasteiger partial charge in [0.2, 0.25) is 0 Å². The fourth-order valence-corrected chi connectivity index (χ4v) is 8.19. The van der Waals surface area contributed by atoms with Crippen LogP contribution in [0.15, 0.2) is 47.2 Å². The number of hydrogen-bond acceptors (Lipinski definition) is 11. The number of hydrogen-bond donors (Lipinski definition) is 3. The second kappa shape index (κ2) is 12.9. The maximum atomic E-state index is 13.3. The number of aryl methyl sites for hydroxylation is 1. The van der Waals surface area contributed by atoms with Gasteiger partial charge in [-0.05, 0) is 45.6 Å². The van der Waals surface area contributed by atoms with Crippen molar-refractivity contribution >= 4 is 49.3 Å². The summed E-state index contributed by atoms with van der Waals surface area (Å²) >= 11 is 0.831. The molecule has 4 aromatic rings. The second-order valence-electron chi connectivity index (χ2n) is 10.8. The highest BCUT2D eigenvalue weighted by atomic mass is 32.2. The molecule has 43 heavy (non-hydrogen) atoms. The summed E-state index contributed by atoms with van der Waals surface area (Å²) in [4.78, 5) is 32.9. The van der Waals surface area contributed by atoms with Crippen LogP contribution in [0.2, 0.25) is 0 Å². The lowest BCUT2D eigenvalue weighted by Crippen LogP contribution is -2.50. The van der Waals surface area contributed by atoms with Crippen molar-refractivity contribution in [2.45, 2.75) is 30.6 Å². The zero-order valence-electron chi connectivity index (χ0n) is 24.5. The average molecular weight is 626 g/mol. The molecule has 1 atom stereocenters. The van der Waals surface area contributed by atoms with Crippen molar-refractivity contribution in [1.82, 2.24) is 34.0 Å². The normalized spacial score (nSPS) is 15.6. The van der Waals surface area contributed by atoms with E-state index in [9.17, 15) is 13.2 Å². The maximum absolute atomic E-state index is 13.3. The molecule has 5 rings (SSSR count). The Morgan fingerprint density at radius 1 is 1.16 bits per heavy atom. The second-order valence-corrected chi connectivity index (χ2v) is 13.9. The number of rotatable bonds is 10. The highest BCUT2D eigenvalue weighted by Gasteiger charge is 2.32. The number of carboxylic acid groups (broad SMARTS) is 1. The molecular weight excluding hydrogens is 591 g/mol. The van der Waals surface area contributed by atoms with Gasteiger partial charge in [0.1, 0.15) is 12.1 Å². The molecule has 0 bridgehead atoms. The Hall–Kier alpha value is -3.76. The first-order valence-corrected chi connectivity index (χ1v) is 16.1. The number of para-hydroxylation sites is 1. The van der Waals surface area contributed by atoms with E-state index in [1.807, 2.05) is 44.7 Å². The highest BCUT2D eigenvalue weighted by Crippen LogP contribution is 2.32. The number of nitrogens with zero attached hydrogens (tertiary/aromatic N) is 7. The molecule has 1 fully saturated rings. The Kier molecular flexibility index (Phi) is 9.17. The zero-order valence-corrected chi connectivity index (χ0v) is 26.1. The van der Waals surface area contributed by atoms with E-state index in [0.717, 1.165) is 51.3 Å². The minimum Gasteiger partial charge on any atom is -0.465 e. The monoisotopic (exact) mass is 625 g/mol. The van der Waals surface area contributed by atoms with Crippen molar-refractivity contribution in [3.05, 3.63) is 54.2 Å². The predicted octanol–water partition coefficient (Wildman–Crippen LogP) is 3.42. The van der Waals surface area contributed by atoms with Crippen LogP contribution >= 0.6 is 11.3 Å². The van der Waals surface area contributed by atoms with E-state index >= 15 is 0 Å². The molecule has 15 heteroatoms. The molecule has 0 aliphatic carbocycles. The van der Waals surface area contributed by atoms with E-state index < -0.39 is 16.1 Å². The standard InChI is InChI=1S/C28H35N9O4S2/c1-18(15-36-8-10-37(11-9-36)43(40,41)26-19(2)33-27(42-26)34-28(38)39)32-25-23-7-5-6-22(24(23)30-17-31-25)21-12-20(13-29-14-21)16-35(3)4/h5-7,12-14,17-18H,8-11,15-16H2,1-4H3,(H,33,34)(H,38,39)(H,30,31,32). The fraction of sp³-hybridized carbons (Fsp3) is 0.393. The lowest BCUT2D eigenvalue weighted by molar-refractivity contribution is 0.184. The fourth-order valence-electron chi connectivity index (χ4n) is 5.22. The van der Waals surface area contributed by atoms with Gasteiger partial charge in [-0.2, -0.15) is 4.31 Å². The molecule has 3 aromatic heterocycles. The van der Waals surface area contributed by atoms with Gasteiger partial charge in [0.05, 0.1) is 11.2 Å². The lowest BCUT2D eigenvalue weighted by Gasteiger charge is -2.35. The summed E-state index contributed by atoms with van der Waals surface area (Å²) in [6, 6.07) is 8.22. The summed E-state index contributed by atoms with van der Waals surface area (Å²) in [6.07, 6.45) is 4.02. The topological polar surface area (TPSA) is 157 Å². The molecule has 1 unspecified atom stereocenters. The SMILES string of the molecule is Cc1nc(NC(=O)O)sc1S(=O)(=O)N1CCN(CC(C)Nc2ncnc3c(-c4cncc(CN(C)C)c4)cccc23)CC1. The minimum atomic E-state index is -3.78. The molecular formula is C28H35N9O4S2. The number of piperazine rings is 1. The highest BCUT2D eigenvalue weighted by molar-refractivity contribution is 7.91. The van der Waals surface area contributed by atoms with Crippen molar-refractivity contribution in [3.8, 4) is 11.1 Å². The molecule has 0 radical (unpaired) electrons. The van der Waals surface area contributed by atoms with Crippen LogP contribution in [0.5, 0.6) is 0 Å². The van der Waals surface area contributed by atoms with Gasteiger partial charge in [0.25, 0.3) is 10.0 Å². The Morgan fingerprint density at radius 3 is 2.65 bits per heavy atom. The number of amides is 1. The van der Waals surface area contributed by atoms with Crippen molar-refractivity contribution in [3.63, 3.8) is 0 Å². The van der Waals surface area contributed by atoms with Crippen LogP contribution in [-0.4, -0.2) is 107 Å². The van der Waals surface area contributed by atoms with Crippen molar-refractivity contribution in [1.29, 1.82) is 0 Å². The van der Waals surface area contributed by atoms with Gasteiger partial charge >= 0.3 is 6.09 Å². The van der Waals surface area contributed by atoms with Crippen LogP contribution in [0.3, 0.4) is 0 Å². The first-order valence-electron chi connectivity index (χ1n) is 13.8. The van der Waals surface area contributed by atoms with E-state index in [1.54, 1.807) is 13.3 Å². The molecule has 1 aliphatic rings. The van der Waals surface area contributed by atoms with Crippen molar-refractivity contribution in [2.75, 3.05) is 57.5 Å². The summed E-state index contributed by atoms with van der Waals surface area (Å²) in [5.74, 6) is 0.740. The molecule has 0 spiro atoms. The number of sulfonamides is 1. The lowest BCUT2D eigenvalue weighted by atomic mass is 10.0. The zero-order chi connectivity index (χ0) is 30.7. The van der Waals surface area contributed by atoms with Crippen LogP contribution in [0.4, 0.5) is 15.7 Å². The summed E-state index contributed by atoms with van der Waals surface area (Å²) < 4.78 is 28.0. The minimum absolute atomic E-state index is 0.0309. The number of carbonyl (C=O) groups is 1. The largest absolute Gasteiger partial charge is 0.465 e. The Bertz CT molecular complexity index is 1720. The molecule has 1 saturated heterocycles. The van der Waals surface area contributed by atoms with Gasteiger partial charge in [-0.3, -0.25) is 15.2 Å². The number of thiazole rings is 1. The quantitative estimate of drug-likeness (QED) is 0.237. The van der Waals surface area contributed by atoms with Gasteiger partial charge in [0, 0.05) is 74.2 Å². The van der Waals surface area contributed by atoms with Crippen LogP contribution in [-0.2, 0) is 16.6 Å². The summed E-state index contributed by atoms with van der Waals surface area (Å²) in [5, 5.41) is 15.6. The van der Waals surface area contributed by atoms with E-state index in [4.69, 9.17) is 5.11 Å². The molecule has 1 aliphatic heterocycles. The van der Waals surface area contributed by atoms with Gasteiger partial charge in [-0.1, -0.05) is 23.5 Å². The van der Waals surface area contributed by atoms with Gasteiger partial charge < -0.3 is 15.3 Å². The Labute approximate surface area is 254 Å². The number of benzene rings is 1. The first kappa shape index (κ1) is 30.7. The van der Waals surface area contributed by atoms with Crippen LogP contribution in [0.25, 0.3) is 22.0 Å². The van der Waals surface area contributed by atoms with Gasteiger partial charge in [-0.25, -0.2) is 28.2 Å². The number of nitrogens with one attached hydrogen (secondary N) is 2.